The van der Waals surface area contributed by atoms with E-state index in [-0.39, 0.29) is 0 Å². The van der Waals surface area contributed by atoms with Gasteiger partial charge in [-0.05, 0) is 42.7 Å². The molecule has 2 amide bonds. The van der Waals surface area contributed by atoms with E-state index in [1.54, 1.807) is 31.4 Å². The Morgan fingerprint density at radius 3 is 2.50 bits per heavy atom. The molecule has 1 aromatic carbocycles. The second kappa shape index (κ2) is 8.31. The maximum absolute atomic E-state index is 11.7. The number of carboxylic acid groups (broad SMARTS) is 1. The van der Waals surface area contributed by atoms with Crippen molar-refractivity contribution in [2.24, 2.45) is 0 Å². The molecule has 0 saturated carbocycles. The van der Waals surface area contributed by atoms with Gasteiger partial charge in [0.05, 0.1) is 7.11 Å². The number of carboxylic acids is 1. The van der Waals surface area contributed by atoms with Gasteiger partial charge in [-0.3, -0.25) is 0 Å². The second-order valence-corrected chi connectivity index (χ2v) is 4.98. The number of amides is 2. The Kier molecular flexibility index (Phi) is 6.72. The number of carbonyl (C=O) groups excluding carboxylic acids is 1. The van der Waals surface area contributed by atoms with Crippen LogP contribution in [-0.4, -0.2) is 42.3 Å². The molecule has 110 valence electrons. The van der Waals surface area contributed by atoms with Crippen molar-refractivity contribution in [3.8, 4) is 5.75 Å². The van der Waals surface area contributed by atoms with E-state index < -0.39 is 18.0 Å². The quantitative estimate of drug-likeness (QED) is 0.717. The van der Waals surface area contributed by atoms with Crippen LogP contribution in [-0.2, 0) is 4.79 Å². The first-order valence-corrected chi connectivity index (χ1v) is 7.39. The summed E-state index contributed by atoms with van der Waals surface area (Å²) in [5.74, 6) is 0.308. The fraction of sp³-hybridized carbons (Fsp3) is 0.385. The number of hydrogen-bond donors (Lipinski definition) is 3. The summed E-state index contributed by atoms with van der Waals surface area (Å²) in [6.45, 7) is 0. The number of rotatable bonds is 7. The standard InChI is InChI=1S/C13H18N2O4S/c1-19-10-5-3-9(4-6-10)14-13(18)15-11(12(16)17)7-8-20-2/h3-6,11H,7-8H2,1-2H3,(H,16,17)(H2,14,15,18)/t11-/m1/s1. The number of urea groups is 1. The van der Waals surface area contributed by atoms with Crippen molar-refractivity contribution in [2.75, 3.05) is 24.4 Å². The lowest BCUT2D eigenvalue weighted by molar-refractivity contribution is -0.139. The maximum atomic E-state index is 11.7. The number of carbonyl (C=O) groups is 2. The largest absolute Gasteiger partial charge is 0.497 e. The third-order valence-corrected chi connectivity index (χ3v) is 3.21. The molecule has 0 aromatic heterocycles. The molecule has 1 rings (SSSR count). The van der Waals surface area contributed by atoms with Crippen LogP contribution in [0.25, 0.3) is 0 Å². The molecule has 6 nitrogen and oxygen atoms in total. The summed E-state index contributed by atoms with van der Waals surface area (Å²) < 4.78 is 5.01. The van der Waals surface area contributed by atoms with E-state index in [9.17, 15) is 9.59 Å². The highest BCUT2D eigenvalue weighted by atomic mass is 32.2. The summed E-state index contributed by atoms with van der Waals surface area (Å²) in [6, 6.07) is 5.34. The summed E-state index contributed by atoms with van der Waals surface area (Å²) in [6.07, 6.45) is 2.27. The Balaban J connectivity index is 2.53. The third-order valence-electron chi connectivity index (χ3n) is 2.56. The first-order chi connectivity index (χ1) is 9.56. The van der Waals surface area contributed by atoms with Crippen molar-refractivity contribution in [1.29, 1.82) is 0 Å². The number of benzene rings is 1. The molecule has 0 radical (unpaired) electrons. The van der Waals surface area contributed by atoms with Crippen LogP contribution in [0.4, 0.5) is 10.5 Å². The fourth-order valence-corrected chi connectivity index (χ4v) is 1.96. The number of thioether (sulfide) groups is 1. The number of methoxy groups -OCH3 is 1. The van der Waals surface area contributed by atoms with Gasteiger partial charge in [-0.25, -0.2) is 9.59 Å². The van der Waals surface area contributed by atoms with Crippen LogP contribution in [0.1, 0.15) is 6.42 Å². The predicted octanol–water partition coefficient (Wildman–Crippen LogP) is 2.02. The van der Waals surface area contributed by atoms with Crippen molar-refractivity contribution >= 4 is 29.4 Å². The molecule has 0 heterocycles. The lowest BCUT2D eigenvalue weighted by Crippen LogP contribution is -2.43. The molecule has 0 aliphatic heterocycles. The van der Waals surface area contributed by atoms with Gasteiger partial charge in [-0.2, -0.15) is 11.8 Å². The van der Waals surface area contributed by atoms with Crippen molar-refractivity contribution in [2.45, 2.75) is 12.5 Å². The number of hydrogen-bond acceptors (Lipinski definition) is 4. The summed E-state index contributed by atoms with van der Waals surface area (Å²) in [5.41, 5.74) is 0.567. The Labute approximate surface area is 121 Å². The van der Waals surface area contributed by atoms with Crippen molar-refractivity contribution in [1.82, 2.24) is 5.32 Å². The van der Waals surface area contributed by atoms with Gasteiger partial charge in [0, 0.05) is 5.69 Å². The van der Waals surface area contributed by atoms with Crippen LogP contribution >= 0.6 is 11.8 Å². The topological polar surface area (TPSA) is 87.7 Å². The first-order valence-electron chi connectivity index (χ1n) is 6.00. The second-order valence-electron chi connectivity index (χ2n) is 4.00. The smallest absolute Gasteiger partial charge is 0.326 e. The van der Waals surface area contributed by atoms with Crippen molar-refractivity contribution in [3.05, 3.63) is 24.3 Å². The highest BCUT2D eigenvalue weighted by Crippen LogP contribution is 2.14. The number of ether oxygens (including phenoxy) is 1. The van der Waals surface area contributed by atoms with Crippen LogP contribution in [0, 0.1) is 0 Å². The minimum Gasteiger partial charge on any atom is -0.497 e. The minimum atomic E-state index is -1.04. The van der Waals surface area contributed by atoms with Crippen LogP contribution < -0.4 is 15.4 Å². The SMILES string of the molecule is COc1ccc(NC(=O)N[C@H](CCSC)C(=O)O)cc1. The zero-order valence-corrected chi connectivity index (χ0v) is 12.2. The molecule has 20 heavy (non-hydrogen) atoms. The Bertz CT molecular complexity index is 450. The van der Waals surface area contributed by atoms with Gasteiger partial charge < -0.3 is 20.5 Å². The highest BCUT2D eigenvalue weighted by molar-refractivity contribution is 7.98. The normalized spacial score (nSPS) is 11.5. The van der Waals surface area contributed by atoms with Gasteiger partial charge in [0.2, 0.25) is 0 Å². The first kappa shape index (κ1) is 16.2. The lowest BCUT2D eigenvalue weighted by atomic mass is 10.2. The molecule has 3 N–H and O–H groups in total. The summed E-state index contributed by atoms with van der Waals surface area (Å²) in [4.78, 5) is 22.7. The molecule has 0 saturated heterocycles. The minimum absolute atomic E-state index is 0.381. The Hall–Kier alpha value is -1.89. The number of aliphatic carboxylic acids is 1. The van der Waals surface area contributed by atoms with Crippen molar-refractivity contribution < 1.29 is 19.4 Å². The zero-order valence-electron chi connectivity index (χ0n) is 11.4. The number of nitrogens with one attached hydrogen (secondary N) is 2. The van der Waals surface area contributed by atoms with Gasteiger partial charge in [0.1, 0.15) is 11.8 Å². The Morgan fingerprint density at radius 1 is 1.35 bits per heavy atom. The summed E-state index contributed by atoms with van der Waals surface area (Å²) in [7, 11) is 1.55. The fourth-order valence-electron chi connectivity index (χ4n) is 1.49. The van der Waals surface area contributed by atoms with Gasteiger partial charge >= 0.3 is 12.0 Å². The van der Waals surface area contributed by atoms with Gasteiger partial charge in [0.15, 0.2) is 0 Å². The van der Waals surface area contributed by atoms with Crippen LogP contribution in [0.5, 0.6) is 5.75 Å². The monoisotopic (exact) mass is 298 g/mol. The lowest BCUT2D eigenvalue weighted by Gasteiger charge is -2.14. The zero-order chi connectivity index (χ0) is 15.0. The molecule has 1 aromatic rings. The molecule has 0 aliphatic carbocycles. The average molecular weight is 298 g/mol. The van der Waals surface area contributed by atoms with E-state index in [4.69, 9.17) is 9.84 Å². The maximum Gasteiger partial charge on any atom is 0.326 e. The van der Waals surface area contributed by atoms with E-state index in [1.807, 2.05) is 6.26 Å². The van der Waals surface area contributed by atoms with Gasteiger partial charge in [-0.1, -0.05) is 0 Å². The van der Waals surface area contributed by atoms with E-state index in [0.29, 0.717) is 23.6 Å². The summed E-state index contributed by atoms with van der Waals surface area (Å²) >= 11 is 1.53. The molecule has 7 heteroatoms. The van der Waals surface area contributed by atoms with Crippen LogP contribution in [0.15, 0.2) is 24.3 Å². The summed E-state index contributed by atoms with van der Waals surface area (Å²) in [5, 5.41) is 14.0. The van der Waals surface area contributed by atoms with Crippen molar-refractivity contribution in [3.63, 3.8) is 0 Å². The van der Waals surface area contributed by atoms with Gasteiger partial charge in [-0.15, -0.1) is 0 Å². The van der Waals surface area contributed by atoms with E-state index in [1.165, 1.54) is 11.8 Å². The molecular formula is C13H18N2O4S. The number of anilines is 1. The van der Waals surface area contributed by atoms with Crippen LogP contribution in [0.3, 0.4) is 0 Å². The van der Waals surface area contributed by atoms with Gasteiger partial charge in [0.25, 0.3) is 0 Å². The molecule has 1 atom stereocenters. The van der Waals surface area contributed by atoms with E-state index in [2.05, 4.69) is 10.6 Å². The molecule has 0 aliphatic rings. The molecule has 0 spiro atoms. The third kappa shape index (κ3) is 5.40. The molecular weight excluding hydrogens is 280 g/mol. The molecule has 0 fully saturated rings. The van der Waals surface area contributed by atoms with E-state index >= 15 is 0 Å². The predicted molar refractivity (Wildman–Crippen MR) is 79.6 cm³/mol. The molecule has 0 bridgehead atoms. The van der Waals surface area contributed by atoms with E-state index in [0.717, 1.165) is 0 Å². The van der Waals surface area contributed by atoms with Crippen LogP contribution in [0.2, 0.25) is 0 Å². The highest BCUT2D eigenvalue weighted by Gasteiger charge is 2.19. The Morgan fingerprint density at radius 2 is 2.00 bits per heavy atom. The molecule has 0 unspecified atom stereocenters. The average Bonchev–Trinajstić information content (AvgIpc) is 2.44.